The summed E-state index contributed by atoms with van der Waals surface area (Å²) in [5.41, 5.74) is 3.87. The van der Waals surface area contributed by atoms with Gasteiger partial charge in [0.1, 0.15) is 0 Å². The molecule has 5 aromatic rings. The topological polar surface area (TPSA) is 20.7 Å². The molecule has 0 aliphatic heterocycles. The standard InChI is InChI=1S/C17H12N2/c1-19-13-4-2-3-10-5-6-12-16(15(10)13)14(19)9-11-7-8-18-17(11)12/h2-9,18H,1H3. The predicted molar refractivity (Wildman–Crippen MR) is 81.0 cm³/mol. The lowest BCUT2D eigenvalue weighted by molar-refractivity contribution is 1.02. The molecule has 2 aromatic heterocycles. The van der Waals surface area contributed by atoms with Gasteiger partial charge in [-0.1, -0.05) is 24.3 Å². The van der Waals surface area contributed by atoms with E-state index >= 15 is 0 Å². The molecular weight excluding hydrogens is 232 g/mol. The van der Waals surface area contributed by atoms with Gasteiger partial charge in [-0.15, -0.1) is 0 Å². The quantitative estimate of drug-likeness (QED) is 0.390. The maximum atomic E-state index is 3.37. The van der Waals surface area contributed by atoms with Crippen LogP contribution < -0.4 is 0 Å². The number of fused-ring (bicyclic) bond motifs is 2. The van der Waals surface area contributed by atoms with Crippen LogP contribution in [0.1, 0.15) is 0 Å². The highest BCUT2D eigenvalue weighted by atomic mass is 14.9. The molecule has 5 rings (SSSR count). The Hall–Kier alpha value is -2.48. The third-order valence-electron chi connectivity index (χ3n) is 4.34. The Morgan fingerprint density at radius 3 is 2.79 bits per heavy atom. The molecule has 2 nitrogen and oxygen atoms in total. The zero-order valence-electron chi connectivity index (χ0n) is 10.6. The molecule has 0 bridgehead atoms. The smallest absolute Gasteiger partial charge is 0.0535 e. The number of aromatic amines is 1. The molecule has 0 radical (unpaired) electrons. The normalized spacial score (nSPS) is 12.5. The highest BCUT2D eigenvalue weighted by Gasteiger charge is 2.15. The molecular formula is C17H12N2. The summed E-state index contributed by atoms with van der Waals surface area (Å²) >= 11 is 0. The van der Waals surface area contributed by atoms with Crippen molar-refractivity contribution >= 4 is 43.5 Å². The molecule has 19 heavy (non-hydrogen) atoms. The number of hydrogen-bond donors (Lipinski definition) is 1. The lowest BCUT2D eigenvalue weighted by Gasteiger charge is -2.03. The molecule has 1 N–H and O–H groups in total. The van der Waals surface area contributed by atoms with Crippen molar-refractivity contribution in [2.75, 3.05) is 0 Å². The van der Waals surface area contributed by atoms with Crippen molar-refractivity contribution in [3.8, 4) is 0 Å². The van der Waals surface area contributed by atoms with Crippen molar-refractivity contribution < 1.29 is 0 Å². The summed E-state index contributed by atoms with van der Waals surface area (Å²) in [6.07, 6.45) is 2.02. The van der Waals surface area contributed by atoms with E-state index in [9.17, 15) is 0 Å². The molecule has 0 spiro atoms. The maximum Gasteiger partial charge on any atom is 0.0535 e. The third-order valence-corrected chi connectivity index (χ3v) is 4.34. The van der Waals surface area contributed by atoms with Crippen LogP contribution in [0.3, 0.4) is 0 Å². The Morgan fingerprint density at radius 1 is 0.895 bits per heavy atom. The van der Waals surface area contributed by atoms with Crippen molar-refractivity contribution in [2.45, 2.75) is 0 Å². The number of nitrogens with one attached hydrogen (secondary N) is 1. The first-order valence-electron chi connectivity index (χ1n) is 6.54. The third kappa shape index (κ3) is 0.954. The molecule has 0 unspecified atom stereocenters. The van der Waals surface area contributed by atoms with Crippen molar-refractivity contribution in [1.29, 1.82) is 0 Å². The van der Waals surface area contributed by atoms with Crippen LogP contribution in [-0.2, 0) is 7.05 Å². The van der Waals surface area contributed by atoms with Crippen LogP contribution in [0.15, 0.2) is 48.7 Å². The van der Waals surface area contributed by atoms with E-state index in [1.54, 1.807) is 0 Å². The summed E-state index contributed by atoms with van der Waals surface area (Å²) in [6.45, 7) is 0. The molecule has 2 heteroatoms. The number of rotatable bonds is 0. The van der Waals surface area contributed by atoms with Gasteiger partial charge in [0.05, 0.1) is 11.0 Å². The van der Waals surface area contributed by atoms with Gasteiger partial charge in [0, 0.05) is 40.3 Å². The van der Waals surface area contributed by atoms with Crippen molar-refractivity contribution in [1.82, 2.24) is 9.55 Å². The SMILES string of the molecule is Cn1c2cccc3ccc4c5[nH]ccc5cc1c4c32. The Bertz CT molecular complexity index is 1060. The Morgan fingerprint density at radius 2 is 1.84 bits per heavy atom. The van der Waals surface area contributed by atoms with Gasteiger partial charge in [0.15, 0.2) is 0 Å². The number of aryl methyl sites for hydroxylation is 1. The van der Waals surface area contributed by atoms with E-state index in [-0.39, 0.29) is 0 Å². The minimum absolute atomic E-state index is 1.24. The van der Waals surface area contributed by atoms with E-state index in [0.29, 0.717) is 0 Å². The van der Waals surface area contributed by atoms with E-state index in [2.05, 4.69) is 59.1 Å². The lowest BCUT2D eigenvalue weighted by atomic mass is 10.0. The first kappa shape index (κ1) is 9.45. The van der Waals surface area contributed by atoms with Crippen LogP contribution in [0.25, 0.3) is 43.5 Å². The van der Waals surface area contributed by atoms with Gasteiger partial charge in [0.25, 0.3) is 0 Å². The maximum absolute atomic E-state index is 3.37. The van der Waals surface area contributed by atoms with E-state index in [1.165, 1.54) is 43.5 Å². The first-order chi connectivity index (χ1) is 9.34. The molecule has 0 aliphatic carbocycles. The van der Waals surface area contributed by atoms with Crippen LogP contribution in [0.4, 0.5) is 0 Å². The zero-order chi connectivity index (χ0) is 12.6. The molecule has 3 aromatic carbocycles. The van der Waals surface area contributed by atoms with Crippen LogP contribution in [0.5, 0.6) is 0 Å². The number of benzene rings is 3. The Labute approximate surface area is 109 Å². The minimum atomic E-state index is 1.24. The highest BCUT2D eigenvalue weighted by Crippen LogP contribution is 2.39. The first-order valence-corrected chi connectivity index (χ1v) is 6.54. The summed E-state index contributed by atoms with van der Waals surface area (Å²) in [5, 5.41) is 6.68. The molecule has 0 aliphatic rings. The number of H-pyrrole nitrogens is 1. The Kier molecular flexibility index (Phi) is 1.45. The molecule has 0 amide bonds. The number of hydrogen-bond acceptors (Lipinski definition) is 0. The predicted octanol–water partition coefficient (Wildman–Crippen LogP) is 4.40. The van der Waals surface area contributed by atoms with Gasteiger partial charge in [0.2, 0.25) is 0 Å². The van der Waals surface area contributed by atoms with Gasteiger partial charge in [-0.05, 0) is 23.6 Å². The van der Waals surface area contributed by atoms with E-state index in [1.807, 2.05) is 6.20 Å². The van der Waals surface area contributed by atoms with Crippen LogP contribution in [0.2, 0.25) is 0 Å². The van der Waals surface area contributed by atoms with Crippen molar-refractivity contribution in [3.63, 3.8) is 0 Å². The number of aromatic nitrogens is 2. The molecule has 0 atom stereocenters. The number of nitrogens with zero attached hydrogens (tertiary/aromatic N) is 1. The fraction of sp³-hybridized carbons (Fsp3) is 0.0588. The van der Waals surface area contributed by atoms with Crippen molar-refractivity contribution in [2.24, 2.45) is 7.05 Å². The summed E-state index contributed by atoms with van der Waals surface area (Å²) in [4.78, 5) is 3.37. The van der Waals surface area contributed by atoms with Gasteiger partial charge < -0.3 is 9.55 Å². The summed E-state index contributed by atoms with van der Waals surface area (Å²) in [6, 6.07) is 15.4. The summed E-state index contributed by atoms with van der Waals surface area (Å²) in [7, 11) is 2.15. The van der Waals surface area contributed by atoms with Gasteiger partial charge in [-0.2, -0.15) is 0 Å². The van der Waals surface area contributed by atoms with E-state index in [4.69, 9.17) is 0 Å². The summed E-state index contributed by atoms with van der Waals surface area (Å²) < 4.78 is 2.30. The molecule has 90 valence electrons. The van der Waals surface area contributed by atoms with Crippen LogP contribution >= 0.6 is 0 Å². The largest absolute Gasteiger partial charge is 0.361 e. The van der Waals surface area contributed by atoms with E-state index < -0.39 is 0 Å². The zero-order valence-corrected chi connectivity index (χ0v) is 10.6. The highest BCUT2D eigenvalue weighted by molar-refractivity contribution is 6.28. The van der Waals surface area contributed by atoms with E-state index in [0.717, 1.165) is 0 Å². The minimum Gasteiger partial charge on any atom is -0.361 e. The van der Waals surface area contributed by atoms with Crippen molar-refractivity contribution in [3.05, 3.63) is 48.7 Å². The average molecular weight is 244 g/mol. The molecule has 0 saturated carbocycles. The monoisotopic (exact) mass is 244 g/mol. The Balaban J connectivity index is 2.31. The second-order valence-electron chi connectivity index (χ2n) is 5.26. The molecule has 0 saturated heterocycles. The fourth-order valence-corrected chi connectivity index (χ4v) is 3.46. The second-order valence-corrected chi connectivity index (χ2v) is 5.26. The van der Waals surface area contributed by atoms with Gasteiger partial charge in [-0.3, -0.25) is 0 Å². The molecule has 0 fully saturated rings. The second kappa shape index (κ2) is 2.91. The van der Waals surface area contributed by atoms with Gasteiger partial charge >= 0.3 is 0 Å². The van der Waals surface area contributed by atoms with Crippen LogP contribution in [0, 0.1) is 0 Å². The lowest BCUT2D eigenvalue weighted by Crippen LogP contribution is -1.85. The summed E-state index contributed by atoms with van der Waals surface area (Å²) in [5.74, 6) is 0. The fourth-order valence-electron chi connectivity index (χ4n) is 3.46. The van der Waals surface area contributed by atoms with Crippen LogP contribution in [-0.4, -0.2) is 9.55 Å². The average Bonchev–Trinajstić information content (AvgIpc) is 3.02. The van der Waals surface area contributed by atoms with Gasteiger partial charge in [-0.25, -0.2) is 0 Å². The molecule has 2 heterocycles.